The number of methoxy groups -OCH3 is 1. The Balaban J connectivity index is 1.40. The maximum Gasteiger partial charge on any atom is 0.122 e. The molecule has 0 amide bonds. The van der Waals surface area contributed by atoms with Crippen molar-refractivity contribution in [2.24, 2.45) is 0 Å². The van der Waals surface area contributed by atoms with Gasteiger partial charge in [0.2, 0.25) is 0 Å². The summed E-state index contributed by atoms with van der Waals surface area (Å²) in [7, 11) is 1.69. The van der Waals surface area contributed by atoms with Crippen molar-refractivity contribution in [2.75, 3.05) is 46.8 Å². The van der Waals surface area contributed by atoms with Crippen LogP contribution in [0.4, 0.5) is 0 Å². The first-order valence-electron chi connectivity index (χ1n) is 20.3. The van der Waals surface area contributed by atoms with Crippen LogP contribution in [0, 0.1) is 0 Å². The Labute approximate surface area is 341 Å². The lowest BCUT2D eigenvalue weighted by Crippen LogP contribution is -2.27. The lowest BCUT2D eigenvalue weighted by molar-refractivity contribution is 0.146. The molecule has 3 atom stereocenters. The van der Waals surface area contributed by atoms with Crippen LogP contribution >= 0.6 is 0 Å². The quantitative estimate of drug-likeness (QED) is 0.0343. The molecule has 302 valence electrons. The van der Waals surface area contributed by atoms with Gasteiger partial charge in [-0.15, -0.1) is 0 Å². The van der Waals surface area contributed by atoms with Gasteiger partial charge in [-0.2, -0.15) is 0 Å². The van der Waals surface area contributed by atoms with Gasteiger partial charge in [0, 0.05) is 24.4 Å². The van der Waals surface area contributed by atoms with Crippen molar-refractivity contribution in [2.45, 2.75) is 90.3 Å². The Morgan fingerprint density at radius 2 is 0.982 bits per heavy atom. The van der Waals surface area contributed by atoms with E-state index in [1.807, 2.05) is 0 Å². The molecule has 0 bridgehead atoms. The first-order valence-corrected chi connectivity index (χ1v) is 20.3. The summed E-state index contributed by atoms with van der Waals surface area (Å²) in [5.41, 5.74) is 11.8. The molecule has 4 aromatic rings. The molecule has 4 aromatic carbocycles. The zero-order valence-electron chi connectivity index (χ0n) is 35.3. The largest absolute Gasteiger partial charge is 0.493 e. The van der Waals surface area contributed by atoms with Crippen molar-refractivity contribution < 1.29 is 28.4 Å². The molecule has 3 unspecified atom stereocenters. The number of hydrogen-bond acceptors (Lipinski definition) is 6. The second-order valence-corrected chi connectivity index (χ2v) is 16.9. The lowest BCUT2D eigenvalue weighted by atomic mass is 9.69. The third-order valence-corrected chi connectivity index (χ3v) is 11.2. The minimum Gasteiger partial charge on any atom is -0.493 e. The fourth-order valence-electron chi connectivity index (χ4n) is 7.57. The molecule has 0 aromatic heterocycles. The van der Waals surface area contributed by atoms with E-state index in [0.29, 0.717) is 39.0 Å². The van der Waals surface area contributed by atoms with E-state index in [9.17, 15) is 0 Å². The number of benzene rings is 4. The summed E-state index contributed by atoms with van der Waals surface area (Å²) in [5, 5.41) is 0. The van der Waals surface area contributed by atoms with Crippen LogP contribution in [-0.4, -0.2) is 59.0 Å². The molecule has 0 radical (unpaired) electrons. The van der Waals surface area contributed by atoms with Crippen LogP contribution in [0.2, 0.25) is 0 Å². The molecule has 2 fully saturated rings. The van der Waals surface area contributed by atoms with Crippen LogP contribution in [0.25, 0.3) is 0 Å². The summed E-state index contributed by atoms with van der Waals surface area (Å²) in [6.07, 6.45) is 3.62. The van der Waals surface area contributed by atoms with Crippen LogP contribution < -0.4 is 14.2 Å². The monoisotopic (exact) mass is 770 g/mol. The number of ether oxygens (including phenoxy) is 6. The van der Waals surface area contributed by atoms with Crippen LogP contribution in [0.1, 0.15) is 92.5 Å². The van der Waals surface area contributed by atoms with Crippen molar-refractivity contribution in [1.82, 2.24) is 0 Å². The van der Waals surface area contributed by atoms with Gasteiger partial charge in [0.25, 0.3) is 0 Å². The van der Waals surface area contributed by atoms with E-state index < -0.39 is 5.41 Å². The molecule has 0 saturated carbocycles. The first-order chi connectivity index (χ1) is 27.3. The predicted octanol–water partition coefficient (Wildman–Crippen LogP) is 10.7. The first kappa shape index (κ1) is 42.0. The molecule has 6 heteroatoms. The zero-order valence-corrected chi connectivity index (χ0v) is 35.3. The molecule has 6 rings (SSSR count). The van der Waals surface area contributed by atoms with Gasteiger partial charge in [-0.1, -0.05) is 111 Å². The molecule has 2 aliphatic rings. The maximum absolute atomic E-state index is 6.31. The van der Waals surface area contributed by atoms with E-state index in [1.165, 1.54) is 27.8 Å². The van der Waals surface area contributed by atoms with Gasteiger partial charge in [-0.05, 0) is 110 Å². The molecular weight excluding hydrogens is 709 g/mol. The number of allylic oxidation sites excluding steroid dienone is 3. The van der Waals surface area contributed by atoms with E-state index >= 15 is 0 Å². The fraction of sp³-hybridized carbons (Fsp3) is 0.412. The third-order valence-electron chi connectivity index (χ3n) is 11.2. The van der Waals surface area contributed by atoms with Gasteiger partial charge in [0.1, 0.15) is 36.6 Å². The lowest BCUT2D eigenvalue weighted by Gasteiger charge is -2.34. The topological polar surface area (TPSA) is 62.0 Å². The highest BCUT2D eigenvalue weighted by molar-refractivity contribution is 5.56. The highest BCUT2D eigenvalue weighted by atomic mass is 16.6. The Morgan fingerprint density at radius 3 is 1.46 bits per heavy atom. The average molecular weight is 771 g/mol. The summed E-state index contributed by atoms with van der Waals surface area (Å²) in [6.45, 7) is 29.7. The van der Waals surface area contributed by atoms with Gasteiger partial charge in [-0.3, -0.25) is 0 Å². The molecule has 0 spiro atoms. The van der Waals surface area contributed by atoms with Crippen molar-refractivity contribution in [3.63, 3.8) is 0 Å². The standard InChI is InChI=1S/C51H62O6/c1-34(2)25-37-28-42(15-18-47(37)53-22-21-45-31-55-45)50(7,8)40-11-13-41(14-12-40)51(9,43-16-19-48(54-24-23-52-10)38(29-43)26-35(3)4)44-17-20-49(57-33-46-32-56-46)39(30-44)27-36(5)6/h11-20,28-30,45-46H,1,3,5,21-27,31-33H2,2,4,6-10H3. The number of hydrogen-bond donors (Lipinski definition) is 0. The van der Waals surface area contributed by atoms with Gasteiger partial charge >= 0.3 is 0 Å². The fourth-order valence-corrected chi connectivity index (χ4v) is 7.57. The molecule has 0 N–H and O–H groups in total. The van der Waals surface area contributed by atoms with Crippen molar-refractivity contribution in [3.05, 3.63) is 160 Å². The van der Waals surface area contributed by atoms with Gasteiger partial charge < -0.3 is 28.4 Å². The van der Waals surface area contributed by atoms with Crippen LogP contribution in [0.5, 0.6) is 17.2 Å². The Bertz CT molecular complexity index is 2050. The van der Waals surface area contributed by atoms with Crippen molar-refractivity contribution >= 4 is 0 Å². The molecule has 57 heavy (non-hydrogen) atoms. The van der Waals surface area contributed by atoms with E-state index in [4.69, 9.17) is 28.4 Å². The minimum atomic E-state index is -0.529. The molecular formula is C51H62O6. The third kappa shape index (κ3) is 10.7. The summed E-state index contributed by atoms with van der Waals surface area (Å²) in [4.78, 5) is 0. The van der Waals surface area contributed by atoms with E-state index in [2.05, 4.69) is 140 Å². The van der Waals surface area contributed by atoms with Crippen LogP contribution in [0.15, 0.2) is 115 Å². The summed E-state index contributed by atoms with van der Waals surface area (Å²) < 4.78 is 35.0. The van der Waals surface area contributed by atoms with E-state index in [0.717, 1.165) is 83.1 Å². The molecule has 2 saturated heterocycles. The van der Waals surface area contributed by atoms with E-state index in [-0.39, 0.29) is 11.5 Å². The Kier molecular flexibility index (Phi) is 13.5. The smallest absolute Gasteiger partial charge is 0.122 e. The van der Waals surface area contributed by atoms with Crippen molar-refractivity contribution in [1.29, 1.82) is 0 Å². The molecule has 6 nitrogen and oxygen atoms in total. The Morgan fingerprint density at radius 1 is 0.561 bits per heavy atom. The highest BCUT2D eigenvalue weighted by Crippen LogP contribution is 2.44. The summed E-state index contributed by atoms with van der Waals surface area (Å²) in [5.74, 6) is 2.65. The highest BCUT2D eigenvalue weighted by Gasteiger charge is 2.34. The minimum absolute atomic E-state index is 0.170. The normalized spacial score (nSPS) is 17.0. The van der Waals surface area contributed by atoms with Gasteiger partial charge in [0.15, 0.2) is 0 Å². The summed E-state index contributed by atoms with van der Waals surface area (Å²) in [6, 6.07) is 29.1. The molecule has 2 heterocycles. The van der Waals surface area contributed by atoms with Crippen LogP contribution in [-0.2, 0) is 44.3 Å². The van der Waals surface area contributed by atoms with E-state index in [1.54, 1.807) is 7.11 Å². The predicted molar refractivity (Wildman–Crippen MR) is 231 cm³/mol. The van der Waals surface area contributed by atoms with Crippen LogP contribution in [0.3, 0.4) is 0 Å². The average Bonchev–Trinajstić information content (AvgIpc) is 4.11. The van der Waals surface area contributed by atoms with Gasteiger partial charge in [-0.25, -0.2) is 0 Å². The second kappa shape index (κ2) is 18.3. The molecule has 2 aliphatic heterocycles. The Hall–Kier alpha value is -4.62. The summed E-state index contributed by atoms with van der Waals surface area (Å²) >= 11 is 0. The second-order valence-electron chi connectivity index (χ2n) is 16.9. The van der Waals surface area contributed by atoms with Gasteiger partial charge in [0.05, 0.1) is 32.5 Å². The zero-order chi connectivity index (χ0) is 40.7. The maximum atomic E-state index is 6.31. The molecule has 0 aliphatic carbocycles. The number of epoxide rings is 2. The number of rotatable bonds is 22. The van der Waals surface area contributed by atoms with Crippen molar-refractivity contribution in [3.8, 4) is 17.2 Å². The SMILES string of the molecule is C=C(C)Cc1cc(C(C)(c2ccc(C(C)(C)c3ccc(OCCC4CO4)c(CC(=C)C)c3)cc2)c2ccc(OCC3CO3)c(CC(=C)C)c2)ccc1OCCOC.